The SMILES string of the molecule is CC(C)(C)c1nnsc1C(=O)NCCOC1CCNCC1. The van der Waals surface area contributed by atoms with Crippen LogP contribution in [0.4, 0.5) is 0 Å². The van der Waals surface area contributed by atoms with Crippen molar-refractivity contribution in [1.29, 1.82) is 0 Å². The van der Waals surface area contributed by atoms with Crippen LogP contribution in [0.25, 0.3) is 0 Å². The Morgan fingerprint density at radius 1 is 1.43 bits per heavy atom. The van der Waals surface area contributed by atoms with Crippen LogP contribution in [0.2, 0.25) is 0 Å². The molecule has 1 aliphatic rings. The summed E-state index contributed by atoms with van der Waals surface area (Å²) >= 11 is 1.15. The van der Waals surface area contributed by atoms with E-state index in [9.17, 15) is 4.79 Å². The first kappa shape index (κ1) is 16.3. The molecule has 0 radical (unpaired) electrons. The van der Waals surface area contributed by atoms with Crippen LogP contribution in [0.5, 0.6) is 0 Å². The molecule has 2 rings (SSSR count). The lowest BCUT2D eigenvalue weighted by Gasteiger charge is -2.23. The molecule has 1 aromatic heterocycles. The smallest absolute Gasteiger partial charge is 0.265 e. The van der Waals surface area contributed by atoms with Crippen molar-refractivity contribution in [1.82, 2.24) is 20.2 Å². The summed E-state index contributed by atoms with van der Waals surface area (Å²) in [4.78, 5) is 12.8. The van der Waals surface area contributed by atoms with E-state index in [1.807, 2.05) is 20.8 Å². The Balaban J connectivity index is 1.76. The van der Waals surface area contributed by atoms with Gasteiger partial charge in [-0.05, 0) is 37.5 Å². The number of amides is 1. The standard InChI is InChI=1S/C14H24N4O2S/c1-14(2,3)12-11(21-18-17-12)13(19)16-8-9-20-10-4-6-15-7-5-10/h10,15H,4-9H2,1-3H3,(H,16,19). The Labute approximate surface area is 129 Å². The van der Waals surface area contributed by atoms with Gasteiger partial charge in [0.05, 0.1) is 18.4 Å². The molecule has 0 saturated carbocycles. The molecule has 21 heavy (non-hydrogen) atoms. The average molecular weight is 312 g/mol. The van der Waals surface area contributed by atoms with Gasteiger partial charge in [0.25, 0.3) is 5.91 Å². The van der Waals surface area contributed by atoms with E-state index < -0.39 is 0 Å². The second-order valence-corrected chi connectivity index (χ2v) is 7.03. The molecule has 0 bridgehead atoms. The monoisotopic (exact) mass is 312 g/mol. The quantitative estimate of drug-likeness (QED) is 0.802. The van der Waals surface area contributed by atoms with Gasteiger partial charge in [-0.3, -0.25) is 4.79 Å². The second-order valence-electron chi connectivity index (χ2n) is 6.28. The van der Waals surface area contributed by atoms with Gasteiger partial charge < -0.3 is 15.4 Å². The van der Waals surface area contributed by atoms with Crippen molar-refractivity contribution in [2.45, 2.75) is 45.1 Å². The number of piperidine rings is 1. The van der Waals surface area contributed by atoms with Crippen molar-refractivity contribution in [2.75, 3.05) is 26.2 Å². The van der Waals surface area contributed by atoms with Gasteiger partial charge >= 0.3 is 0 Å². The average Bonchev–Trinajstić information content (AvgIpc) is 2.94. The highest BCUT2D eigenvalue weighted by atomic mass is 32.1. The van der Waals surface area contributed by atoms with Gasteiger partial charge in [-0.2, -0.15) is 0 Å². The molecule has 2 N–H and O–H groups in total. The van der Waals surface area contributed by atoms with Crippen molar-refractivity contribution in [3.63, 3.8) is 0 Å². The van der Waals surface area contributed by atoms with E-state index in [-0.39, 0.29) is 11.3 Å². The third kappa shape index (κ3) is 4.72. The van der Waals surface area contributed by atoms with E-state index in [1.165, 1.54) is 0 Å². The molecule has 1 saturated heterocycles. The lowest BCUT2D eigenvalue weighted by molar-refractivity contribution is 0.0343. The van der Waals surface area contributed by atoms with Crippen LogP contribution in [-0.4, -0.2) is 47.8 Å². The summed E-state index contributed by atoms with van der Waals surface area (Å²) < 4.78 is 9.67. The number of carbonyl (C=O) groups excluding carboxylic acids is 1. The summed E-state index contributed by atoms with van der Waals surface area (Å²) in [7, 11) is 0. The molecular formula is C14H24N4O2S. The molecule has 1 fully saturated rings. The summed E-state index contributed by atoms with van der Waals surface area (Å²) in [5.74, 6) is -0.108. The first-order chi connectivity index (χ1) is 9.98. The molecule has 2 heterocycles. The lowest BCUT2D eigenvalue weighted by atomic mass is 9.91. The maximum absolute atomic E-state index is 12.2. The van der Waals surface area contributed by atoms with Gasteiger partial charge in [0.1, 0.15) is 4.88 Å². The molecule has 0 spiro atoms. The van der Waals surface area contributed by atoms with E-state index in [0.29, 0.717) is 24.1 Å². The molecular weight excluding hydrogens is 288 g/mol. The van der Waals surface area contributed by atoms with Crippen molar-refractivity contribution >= 4 is 17.4 Å². The molecule has 0 aromatic carbocycles. The highest BCUT2D eigenvalue weighted by Gasteiger charge is 2.26. The van der Waals surface area contributed by atoms with Crippen molar-refractivity contribution in [3.05, 3.63) is 10.6 Å². The summed E-state index contributed by atoms with van der Waals surface area (Å²) in [6, 6.07) is 0. The van der Waals surface area contributed by atoms with E-state index in [0.717, 1.165) is 43.2 Å². The van der Waals surface area contributed by atoms with Gasteiger partial charge in [0.2, 0.25) is 0 Å². The van der Waals surface area contributed by atoms with Gasteiger partial charge in [-0.15, -0.1) is 5.10 Å². The van der Waals surface area contributed by atoms with Crippen LogP contribution in [0.15, 0.2) is 0 Å². The van der Waals surface area contributed by atoms with E-state index in [1.54, 1.807) is 0 Å². The summed E-state index contributed by atoms with van der Waals surface area (Å²) in [5.41, 5.74) is 0.579. The van der Waals surface area contributed by atoms with Gasteiger partial charge in [-0.1, -0.05) is 25.3 Å². The number of ether oxygens (including phenoxy) is 1. The Kier molecular flexibility index (Phi) is 5.66. The van der Waals surface area contributed by atoms with Crippen LogP contribution in [0.1, 0.15) is 49.0 Å². The number of rotatable bonds is 5. The van der Waals surface area contributed by atoms with E-state index in [4.69, 9.17) is 4.74 Å². The van der Waals surface area contributed by atoms with Gasteiger partial charge in [0.15, 0.2) is 0 Å². The van der Waals surface area contributed by atoms with Crippen LogP contribution in [-0.2, 0) is 10.2 Å². The third-order valence-corrected chi connectivity index (χ3v) is 4.16. The fraction of sp³-hybridized carbons (Fsp3) is 0.786. The maximum atomic E-state index is 12.2. The number of nitrogens with zero attached hydrogens (tertiary/aromatic N) is 2. The zero-order valence-corrected chi connectivity index (χ0v) is 13.8. The number of carbonyl (C=O) groups is 1. The molecule has 1 amide bonds. The molecule has 7 heteroatoms. The van der Waals surface area contributed by atoms with Crippen LogP contribution in [0.3, 0.4) is 0 Å². The fourth-order valence-electron chi connectivity index (χ4n) is 2.26. The summed E-state index contributed by atoms with van der Waals surface area (Å²) in [6.45, 7) is 9.18. The number of aromatic nitrogens is 2. The minimum atomic E-state index is -0.175. The third-order valence-electron chi connectivity index (χ3n) is 3.43. The zero-order chi connectivity index (χ0) is 15.3. The predicted molar refractivity (Wildman–Crippen MR) is 82.8 cm³/mol. The minimum Gasteiger partial charge on any atom is -0.376 e. The van der Waals surface area contributed by atoms with Gasteiger partial charge in [0, 0.05) is 12.0 Å². The largest absolute Gasteiger partial charge is 0.376 e. The van der Waals surface area contributed by atoms with Crippen molar-refractivity contribution in [2.24, 2.45) is 0 Å². The van der Waals surface area contributed by atoms with Crippen LogP contribution < -0.4 is 10.6 Å². The zero-order valence-electron chi connectivity index (χ0n) is 12.9. The Hall–Kier alpha value is -1.05. The number of hydrogen-bond donors (Lipinski definition) is 2. The molecule has 6 nitrogen and oxygen atoms in total. The normalized spacial score (nSPS) is 16.9. The Bertz CT molecular complexity index is 464. The highest BCUT2D eigenvalue weighted by Crippen LogP contribution is 2.25. The van der Waals surface area contributed by atoms with Crippen LogP contribution in [0, 0.1) is 0 Å². The topological polar surface area (TPSA) is 76.1 Å². The first-order valence-electron chi connectivity index (χ1n) is 7.42. The molecule has 0 aliphatic carbocycles. The van der Waals surface area contributed by atoms with Gasteiger partial charge in [-0.25, -0.2) is 0 Å². The minimum absolute atomic E-state index is 0.108. The summed E-state index contributed by atoms with van der Waals surface area (Å²) in [6.07, 6.45) is 2.40. The molecule has 1 aromatic rings. The predicted octanol–water partition coefficient (Wildman–Crippen LogP) is 1.33. The first-order valence-corrected chi connectivity index (χ1v) is 8.19. The lowest BCUT2D eigenvalue weighted by Crippen LogP contribution is -2.35. The Morgan fingerprint density at radius 2 is 2.14 bits per heavy atom. The molecule has 1 aliphatic heterocycles. The van der Waals surface area contributed by atoms with E-state index in [2.05, 4.69) is 20.2 Å². The summed E-state index contributed by atoms with van der Waals surface area (Å²) in [5, 5.41) is 10.3. The van der Waals surface area contributed by atoms with Crippen molar-refractivity contribution in [3.8, 4) is 0 Å². The molecule has 118 valence electrons. The van der Waals surface area contributed by atoms with E-state index >= 15 is 0 Å². The fourth-order valence-corrected chi connectivity index (χ4v) is 3.06. The molecule has 0 unspecified atom stereocenters. The number of hydrogen-bond acceptors (Lipinski definition) is 6. The number of nitrogens with one attached hydrogen (secondary N) is 2. The van der Waals surface area contributed by atoms with Crippen LogP contribution >= 0.6 is 11.5 Å². The molecule has 0 atom stereocenters. The Morgan fingerprint density at radius 3 is 2.81 bits per heavy atom. The second kappa shape index (κ2) is 7.29. The van der Waals surface area contributed by atoms with Crippen molar-refractivity contribution < 1.29 is 9.53 Å². The highest BCUT2D eigenvalue weighted by molar-refractivity contribution is 7.08. The maximum Gasteiger partial charge on any atom is 0.265 e.